The van der Waals surface area contributed by atoms with Crippen LogP contribution in [0.2, 0.25) is 0 Å². The lowest BCUT2D eigenvalue weighted by Crippen LogP contribution is -2.31. The van der Waals surface area contributed by atoms with Crippen molar-refractivity contribution in [1.82, 2.24) is 4.98 Å². The molecule has 0 spiro atoms. The van der Waals surface area contributed by atoms with Gasteiger partial charge in [-0.3, -0.25) is 4.79 Å². The summed E-state index contributed by atoms with van der Waals surface area (Å²) in [7, 11) is 0. The molecule has 1 aliphatic heterocycles. The van der Waals surface area contributed by atoms with E-state index < -0.39 is 5.91 Å². The van der Waals surface area contributed by atoms with Gasteiger partial charge in [0, 0.05) is 18.8 Å². The van der Waals surface area contributed by atoms with E-state index in [2.05, 4.69) is 16.8 Å². The Bertz CT molecular complexity index is 460. The first kappa shape index (κ1) is 12.8. The molecular formula is C13H20N4O. The van der Waals surface area contributed by atoms with Crippen LogP contribution in [0.5, 0.6) is 0 Å². The fourth-order valence-electron chi connectivity index (χ4n) is 2.67. The maximum absolute atomic E-state index is 11.6. The number of hydrogen-bond donors (Lipinski definition) is 2. The highest BCUT2D eigenvalue weighted by Crippen LogP contribution is 2.30. The Labute approximate surface area is 107 Å². The Balaban J connectivity index is 2.39. The van der Waals surface area contributed by atoms with Gasteiger partial charge in [0.05, 0.1) is 5.56 Å². The number of hydrogen-bond acceptors (Lipinski definition) is 4. The molecule has 1 aliphatic rings. The molecule has 2 unspecified atom stereocenters. The number of rotatable bonds is 3. The van der Waals surface area contributed by atoms with Crippen LogP contribution in [0.25, 0.3) is 0 Å². The van der Waals surface area contributed by atoms with E-state index in [1.807, 2.05) is 13.0 Å². The molecule has 5 heteroatoms. The number of anilines is 1. The van der Waals surface area contributed by atoms with Crippen molar-refractivity contribution in [1.29, 1.82) is 0 Å². The average Bonchev–Trinajstić information content (AvgIpc) is 2.69. The zero-order valence-corrected chi connectivity index (χ0v) is 10.9. The lowest BCUT2D eigenvalue weighted by molar-refractivity contribution is 0.1000. The molecule has 1 amide bonds. The molecule has 18 heavy (non-hydrogen) atoms. The van der Waals surface area contributed by atoms with Crippen molar-refractivity contribution < 1.29 is 4.79 Å². The van der Waals surface area contributed by atoms with Gasteiger partial charge in [0.15, 0.2) is 0 Å². The van der Waals surface area contributed by atoms with Gasteiger partial charge < -0.3 is 16.4 Å². The first-order valence-electron chi connectivity index (χ1n) is 6.26. The summed E-state index contributed by atoms with van der Waals surface area (Å²) in [6.45, 7) is 5.52. The molecule has 4 N–H and O–H groups in total. The molecule has 98 valence electrons. The number of carbonyl (C=O) groups is 1. The average molecular weight is 248 g/mol. The minimum atomic E-state index is -0.418. The topological polar surface area (TPSA) is 85.2 Å². The third-order valence-corrected chi connectivity index (χ3v) is 3.65. The smallest absolute Gasteiger partial charge is 0.252 e. The Morgan fingerprint density at radius 3 is 2.89 bits per heavy atom. The second-order valence-electron chi connectivity index (χ2n) is 5.03. The summed E-state index contributed by atoms with van der Waals surface area (Å²) < 4.78 is 0. The third-order valence-electron chi connectivity index (χ3n) is 3.65. The van der Waals surface area contributed by atoms with Gasteiger partial charge in [0.2, 0.25) is 0 Å². The molecule has 1 aromatic rings. The first-order valence-corrected chi connectivity index (χ1v) is 6.26. The minimum Gasteiger partial charge on any atom is -0.365 e. The van der Waals surface area contributed by atoms with Crippen molar-refractivity contribution in [3.05, 3.63) is 23.4 Å². The highest BCUT2D eigenvalue weighted by molar-refractivity contribution is 5.99. The maximum Gasteiger partial charge on any atom is 0.252 e. The molecule has 5 nitrogen and oxygen atoms in total. The second kappa shape index (κ2) is 4.94. The highest BCUT2D eigenvalue weighted by atomic mass is 16.1. The monoisotopic (exact) mass is 248 g/mol. The summed E-state index contributed by atoms with van der Waals surface area (Å²) in [5, 5.41) is 0. The van der Waals surface area contributed by atoms with Gasteiger partial charge >= 0.3 is 0 Å². The normalized spacial score (nSPS) is 23.4. The fraction of sp³-hybridized carbons (Fsp3) is 0.538. The van der Waals surface area contributed by atoms with Gasteiger partial charge in [-0.2, -0.15) is 0 Å². The first-order chi connectivity index (χ1) is 8.54. The van der Waals surface area contributed by atoms with Gasteiger partial charge in [-0.25, -0.2) is 4.98 Å². The van der Waals surface area contributed by atoms with E-state index >= 15 is 0 Å². The molecule has 2 rings (SSSR count). The number of aryl methyl sites for hydroxylation is 1. The van der Waals surface area contributed by atoms with Crippen molar-refractivity contribution in [2.75, 3.05) is 18.0 Å². The lowest BCUT2D eigenvalue weighted by Gasteiger charge is -2.25. The van der Waals surface area contributed by atoms with E-state index in [1.54, 1.807) is 6.20 Å². The predicted molar refractivity (Wildman–Crippen MR) is 71.5 cm³/mol. The van der Waals surface area contributed by atoms with Gasteiger partial charge in [-0.15, -0.1) is 0 Å². The van der Waals surface area contributed by atoms with Crippen LogP contribution >= 0.6 is 0 Å². The van der Waals surface area contributed by atoms with Crippen LogP contribution in [0, 0.1) is 12.8 Å². The summed E-state index contributed by atoms with van der Waals surface area (Å²) in [5.74, 6) is 0.744. The zero-order valence-electron chi connectivity index (χ0n) is 10.9. The molecular weight excluding hydrogens is 228 g/mol. The predicted octanol–water partition coefficient (Wildman–Crippen LogP) is 0.662. The fourth-order valence-corrected chi connectivity index (χ4v) is 2.67. The Kier molecular flexibility index (Phi) is 3.52. The molecule has 1 aromatic heterocycles. The third kappa shape index (κ3) is 2.18. The molecule has 2 atom stereocenters. The van der Waals surface area contributed by atoms with Crippen LogP contribution in [-0.4, -0.2) is 30.0 Å². The molecule has 0 radical (unpaired) electrons. The van der Waals surface area contributed by atoms with Crippen molar-refractivity contribution in [3.63, 3.8) is 0 Å². The molecule has 0 aromatic carbocycles. The SMILES string of the molecule is Cc1ccnc(N2CC(CN)CC2C)c1C(N)=O. The van der Waals surface area contributed by atoms with Crippen molar-refractivity contribution in [2.45, 2.75) is 26.3 Å². The van der Waals surface area contributed by atoms with Crippen molar-refractivity contribution >= 4 is 11.7 Å². The Hall–Kier alpha value is -1.62. The highest BCUT2D eigenvalue weighted by Gasteiger charge is 2.31. The van der Waals surface area contributed by atoms with E-state index in [4.69, 9.17) is 11.5 Å². The van der Waals surface area contributed by atoms with Crippen LogP contribution < -0.4 is 16.4 Å². The number of nitrogens with two attached hydrogens (primary N) is 2. The Morgan fingerprint density at radius 1 is 1.61 bits per heavy atom. The molecule has 1 fully saturated rings. The summed E-state index contributed by atoms with van der Waals surface area (Å²) in [6.07, 6.45) is 2.75. The standard InChI is InChI=1S/C13H20N4O/c1-8-3-4-16-13(11(8)12(15)18)17-7-10(6-14)5-9(17)2/h3-4,9-10H,5-7,14H2,1-2H3,(H2,15,18). The van der Waals surface area contributed by atoms with Crippen LogP contribution in [0.1, 0.15) is 29.3 Å². The van der Waals surface area contributed by atoms with E-state index in [0.717, 1.165) is 18.5 Å². The van der Waals surface area contributed by atoms with E-state index in [-0.39, 0.29) is 0 Å². The van der Waals surface area contributed by atoms with Crippen LogP contribution in [0.3, 0.4) is 0 Å². The van der Waals surface area contributed by atoms with Crippen molar-refractivity contribution in [2.24, 2.45) is 17.4 Å². The van der Waals surface area contributed by atoms with Crippen LogP contribution in [-0.2, 0) is 0 Å². The number of pyridine rings is 1. The number of nitrogens with zero attached hydrogens (tertiary/aromatic N) is 2. The molecule has 2 heterocycles. The van der Waals surface area contributed by atoms with Gasteiger partial charge in [-0.05, 0) is 44.4 Å². The van der Waals surface area contributed by atoms with Gasteiger partial charge in [0.25, 0.3) is 5.91 Å². The van der Waals surface area contributed by atoms with Gasteiger partial charge in [-0.1, -0.05) is 0 Å². The molecule has 1 saturated heterocycles. The number of amides is 1. The maximum atomic E-state index is 11.6. The van der Waals surface area contributed by atoms with Crippen LogP contribution in [0.15, 0.2) is 12.3 Å². The minimum absolute atomic E-state index is 0.339. The number of primary amides is 1. The van der Waals surface area contributed by atoms with E-state index in [0.29, 0.717) is 29.9 Å². The summed E-state index contributed by atoms with van der Waals surface area (Å²) >= 11 is 0. The largest absolute Gasteiger partial charge is 0.365 e. The molecule has 0 saturated carbocycles. The quantitative estimate of drug-likeness (QED) is 0.823. The second-order valence-corrected chi connectivity index (χ2v) is 5.03. The molecule has 0 aliphatic carbocycles. The van der Waals surface area contributed by atoms with Crippen LogP contribution in [0.4, 0.5) is 5.82 Å². The summed E-state index contributed by atoms with van der Waals surface area (Å²) in [5.41, 5.74) is 12.6. The summed E-state index contributed by atoms with van der Waals surface area (Å²) in [4.78, 5) is 18.1. The van der Waals surface area contributed by atoms with Crippen molar-refractivity contribution in [3.8, 4) is 0 Å². The Morgan fingerprint density at radius 2 is 2.33 bits per heavy atom. The molecule has 0 bridgehead atoms. The number of carbonyl (C=O) groups excluding carboxylic acids is 1. The van der Waals surface area contributed by atoms with E-state index in [1.165, 1.54) is 0 Å². The summed E-state index contributed by atoms with van der Waals surface area (Å²) in [6, 6.07) is 2.15. The van der Waals surface area contributed by atoms with Gasteiger partial charge in [0.1, 0.15) is 5.82 Å². The zero-order chi connectivity index (χ0) is 13.3. The number of aromatic nitrogens is 1. The van der Waals surface area contributed by atoms with E-state index in [9.17, 15) is 4.79 Å². The lowest BCUT2D eigenvalue weighted by atomic mass is 10.1.